The maximum absolute atomic E-state index is 5.87. The number of aromatic nitrogens is 3. The lowest BCUT2D eigenvalue weighted by Gasteiger charge is -2.03. The number of imidazole rings is 1. The average Bonchev–Trinajstić information content (AvgIpc) is 2.89. The van der Waals surface area contributed by atoms with Gasteiger partial charge in [-0.3, -0.25) is 9.38 Å². The van der Waals surface area contributed by atoms with E-state index in [1.807, 2.05) is 16.0 Å². The number of thiazole rings is 1. The minimum atomic E-state index is 0.536. The highest BCUT2D eigenvalue weighted by Gasteiger charge is 2.14. The summed E-state index contributed by atoms with van der Waals surface area (Å²) in [5.74, 6) is 1.15. The first kappa shape index (κ1) is 12.0. The molecule has 0 aliphatic rings. The van der Waals surface area contributed by atoms with Crippen LogP contribution in [0.5, 0.6) is 11.6 Å². The van der Waals surface area contributed by atoms with Crippen molar-refractivity contribution in [3.05, 3.63) is 40.8 Å². The number of hydrogen-bond donors (Lipinski definition) is 0. The number of nitrogens with zero attached hydrogens (tertiary/aromatic N) is 3. The summed E-state index contributed by atoms with van der Waals surface area (Å²) in [5, 5.41) is 3.18. The maximum atomic E-state index is 5.87. The number of rotatable bonds is 3. The van der Waals surface area contributed by atoms with Crippen LogP contribution < -0.4 is 4.74 Å². The highest BCUT2D eigenvalue weighted by atomic mass is 79.9. The monoisotopic (exact) mass is 343 g/mol. The summed E-state index contributed by atoms with van der Waals surface area (Å²) >= 11 is 10.9. The molecule has 0 N–H and O–H groups in total. The van der Waals surface area contributed by atoms with Gasteiger partial charge >= 0.3 is 0 Å². The molecule has 18 heavy (non-hydrogen) atoms. The van der Waals surface area contributed by atoms with Gasteiger partial charge in [0.25, 0.3) is 0 Å². The Balaban J connectivity index is 2.01. The number of hydrogen-bond acceptors (Lipinski definition) is 4. The second-order valence-electron chi connectivity index (χ2n) is 3.49. The molecule has 0 saturated heterocycles. The van der Waals surface area contributed by atoms with Gasteiger partial charge in [0.1, 0.15) is 5.75 Å². The second-order valence-corrected chi connectivity index (χ2v) is 5.36. The lowest BCUT2D eigenvalue weighted by molar-refractivity contribution is 0.459. The number of alkyl halides is 1. The van der Waals surface area contributed by atoms with Crippen LogP contribution in [0, 0.1) is 0 Å². The summed E-state index contributed by atoms with van der Waals surface area (Å²) in [6.07, 6.45) is 5.13. The Morgan fingerprint density at radius 2 is 2.33 bits per heavy atom. The first-order valence-corrected chi connectivity index (χ1v) is 7.44. The van der Waals surface area contributed by atoms with E-state index in [0.29, 0.717) is 22.0 Å². The summed E-state index contributed by atoms with van der Waals surface area (Å²) in [6, 6.07) is 1.71. The van der Waals surface area contributed by atoms with Gasteiger partial charge in [0.05, 0.1) is 16.9 Å². The van der Waals surface area contributed by atoms with Crippen molar-refractivity contribution >= 4 is 43.8 Å². The topological polar surface area (TPSA) is 39.4 Å². The highest BCUT2D eigenvalue weighted by molar-refractivity contribution is 9.08. The summed E-state index contributed by atoms with van der Waals surface area (Å²) in [4.78, 5) is 9.30. The number of fused-ring (bicyclic) bond motifs is 1. The number of pyridine rings is 1. The van der Waals surface area contributed by atoms with Crippen LogP contribution >= 0.6 is 38.9 Å². The predicted octanol–water partition coefficient (Wildman–Crippen LogP) is 4.13. The second kappa shape index (κ2) is 4.87. The van der Waals surface area contributed by atoms with Gasteiger partial charge in [0.2, 0.25) is 5.88 Å². The predicted molar refractivity (Wildman–Crippen MR) is 75.0 cm³/mol. The van der Waals surface area contributed by atoms with Crippen LogP contribution in [0.15, 0.2) is 30.0 Å². The Labute approximate surface area is 120 Å². The molecule has 0 amide bonds. The zero-order valence-electron chi connectivity index (χ0n) is 9.01. The van der Waals surface area contributed by atoms with Gasteiger partial charge in [0, 0.05) is 29.2 Å². The molecule has 4 nitrogen and oxygen atoms in total. The molecule has 3 rings (SSSR count). The van der Waals surface area contributed by atoms with E-state index in [1.54, 1.807) is 29.8 Å². The Hall–Kier alpha value is -1.11. The van der Waals surface area contributed by atoms with Crippen molar-refractivity contribution in [3.8, 4) is 11.6 Å². The van der Waals surface area contributed by atoms with Crippen LogP contribution in [-0.4, -0.2) is 14.4 Å². The van der Waals surface area contributed by atoms with Gasteiger partial charge < -0.3 is 4.74 Å². The Morgan fingerprint density at radius 3 is 3.11 bits per heavy atom. The number of ether oxygens (including phenoxy) is 1. The van der Waals surface area contributed by atoms with Crippen molar-refractivity contribution in [2.24, 2.45) is 0 Å². The van der Waals surface area contributed by atoms with E-state index in [-0.39, 0.29) is 0 Å². The van der Waals surface area contributed by atoms with E-state index in [1.165, 1.54) is 0 Å². The normalized spacial score (nSPS) is 11.0. The fourth-order valence-corrected chi connectivity index (χ4v) is 2.97. The molecule has 0 bridgehead atoms. The fourth-order valence-electron chi connectivity index (χ4n) is 1.58. The van der Waals surface area contributed by atoms with Crippen LogP contribution in [0.25, 0.3) is 4.96 Å². The van der Waals surface area contributed by atoms with E-state index in [9.17, 15) is 0 Å². The quantitative estimate of drug-likeness (QED) is 0.671. The van der Waals surface area contributed by atoms with E-state index < -0.39 is 0 Å². The van der Waals surface area contributed by atoms with Gasteiger partial charge in [-0.05, 0) is 0 Å². The van der Waals surface area contributed by atoms with Crippen molar-refractivity contribution in [1.29, 1.82) is 0 Å². The first-order chi connectivity index (χ1) is 8.78. The third-order valence-electron chi connectivity index (χ3n) is 2.35. The van der Waals surface area contributed by atoms with Gasteiger partial charge in [-0.25, -0.2) is 0 Å². The highest BCUT2D eigenvalue weighted by Crippen LogP contribution is 2.29. The molecule has 0 radical (unpaired) electrons. The molecule has 0 fully saturated rings. The third-order valence-corrected chi connectivity index (χ3v) is 3.84. The van der Waals surface area contributed by atoms with Crippen molar-refractivity contribution in [3.63, 3.8) is 0 Å². The summed E-state index contributed by atoms with van der Waals surface area (Å²) in [6.45, 7) is 0. The van der Waals surface area contributed by atoms with Crippen LogP contribution in [0.2, 0.25) is 5.02 Å². The van der Waals surface area contributed by atoms with Crippen molar-refractivity contribution in [2.45, 2.75) is 5.33 Å². The summed E-state index contributed by atoms with van der Waals surface area (Å²) in [7, 11) is 0. The van der Waals surface area contributed by atoms with Crippen molar-refractivity contribution in [2.75, 3.05) is 0 Å². The lowest BCUT2D eigenvalue weighted by atomic mass is 10.4. The van der Waals surface area contributed by atoms with Crippen LogP contribution in [0.4, 0.5) is 0 Å². The molecule has 3 heterocycles. The van der Waals surface area contributed by atoms with Gasteiger partial charge in [-0.2, -0.15) is 4.98 Å². The lowest BCUT2D eigenvalue weighted by Crippen LogP contribution is -1.91. The minimum absolute atomic E-state index is 0.536. The molecule has 3 aromatic heterocycles. The molecule has 0 aromatic carbocycles. The molecule has 0 aliphatic carbocycles. The maximum Gasteiger partial charge on any atom is 0.243 e. The molecule has 0 saturated carbocycles. The minimum Gasteiger partial charge on any atom is -0.436 e. The molecule has 0 aliphatic heterocycles. The number of halogens is 2. The van der Waals surface area contributed by atoms with E-state index >= 15 is 0 Å². The average molecular weight is 345 g/mol. The SMILES string of the molecule is Clc1cncc(Oc2nc3sccn3c2CBr)c1. The Bertz CT molecular complexity index is 696. The summed E-state index contributed by atoms with van der Waals surface area (Å²) in [5.41, 5.74) is 0.964. The zero-order valence-corrected chi connectivity index (χ0v) is 12.2. The molecule has 0 atom stereocenters. The van der Waals surface area contributed by atoms with Crippen molar-refractivity contribution < 1.29 is 4.74 Å². The Morgan fingerprint density at radius 1 is 1.44 bits per heavy atom. The van der Waals surface area contributed by atoms with E-state index in [2.05, 4.69) is 25.9 Å². The standard InChI is InChI=1S/C11H7BrClN3OS/c12-4-9-10(15-11-16(9)1-2-18-11)17-8-3-7(13)5-14-6-8/h1-3,5-6H,4H2. The van der Waals surface area contributed by atoms with E-state index in [0.717, 1.165) is 10.7 Å². The zero-order chi connectivity index (χ0) is 12.5. The van der Waals surface area contributed by atoms with Crippen LogP contribution in [0.3, 0.4) is 0 Å². The van der Waals surface area contributed by atoms with Crippen LogP contribution in [0.1, 0.15) is 5.69 Å². The third kappa shape index (κ3) is 2.11. The molecule has 92 valence electrons. The smallest absolute Gasteiger partial charge is 0.243 e. The van der Waals surface area contributed by atoms with Crippen LogP contribution in [-0.2, 0) is 5.33 Å². The molecule has 7 heteroatoms. The van der Waals surface area contributed by atoms with Gasteiger partial charge in [-0.15, -0.1) is 11.3 Å². The first-order valence-electron chi connectivity index (χ1n) is 5.06. The van der Waals surface area contributed by atoms with E-state index in [4.69, 9.17) is 16.3 Å². The largest absolute Gasteiger partial charge is 0.436 e. The summed E-state index contributed by atoms with van der Waals surface area (Å²) < 4.78 is 7.72. The fraction of sp³-hybridized carbons (Fsp3) is 0.0909. The van der Waals surface area contributed by atoms with Crippen molar-refractivity contribution in [1.82, 2.24) is 14.4 Å². The molecular weight excluding hydrogens is 338 g/mol. The molecule has 0 unspecified atom stereocenters. The molecule has 3 aromatic rings. The molecule has 0 spiro atoms. The van der Waals surface area contributed by atoms with Gasteiger partial charge in [0.15, 0.2) is 4.96 Å². The van der Waals surface area contributed by atoms with Gasteiger partial charge in [-0.1, -0.05) is 27.5 Å². The molecular formula is C11H7BrClN3OS. The Kier molecular flexibility index (Phi) is 3.23.